The number of rotatable bonds is 10. The van der Waals surface area contributed by atoms with Crippen LogP contribution in [0.4, 0.5) is 13.2 Å². The summed E-state index contributed by atoms with van der Waals surface area (Å²) in [6.07, 6.45) is -2.03. The predicted molar refractivity (Wildman–Crippen MR) is 155 cm³/mol. The van der Waals surface area contributed by atoms with Crippen LogP contribution in [0.3, 0.4) is 0 Å². The Labute approximate surface area is 244 Å². The molecule has 0 radical (unpaired) electrons. The van der Waals surface area contributed by atoms with Crippen molar-refractivity contribution in [1.82, 2.24) is 4.90 Å². The molecular weight excluding hydrogens is 559 g/mol. The average Bonchev–Trinajstić information content (AvgIpc) is 2.92. The molecule has 3 N–H and O–H groups in total. The number of carbonyl (C=O) groups is 1. The monoisotopic (exact) mass is 595 g/mol. The van der Waals surface area contributed by atoms with Crippen LogP contribution in [0.1, 0.15) is 59.2 Å². The molecule has 1 aliphatic heterocycles. The van der Waals surface area contributed by atoms with Crippen molar-refractivity contribution >= 4 is 18.2 Å². The van der Waals surface area contributed by atoms with Crippen molar-refractivity contribution in [3.63, 3.8) is 0 Å². The lowest BCUT2D eigenvalue weighted by atomic mass is 9.75. The van der Waals surface area contributed by atoms with Crippen molar-refractivity contribution in [2.45, 2.75) is 38.3 Å². The van der Waals surface area contributed by atoms with Crippen LogP contribution in [0.5, 0.6) is 17.2 Å². The summed E-state index contributed by atoms with van der Waals surface area (Å²) in [6, 6.07) is 17.6. The molecule has 1 fully saturated rings. The second kappa shape index (κ2) is 15.1. The van der Waals surface area contributed by atoms with Crippen LogP contribution in [-0.2, 0) is 6.18 Å². The Morgan fingerprint density at radius 3 is 2.37 bits per heavy atom. The minimum absolute atomic E-state index is 0. The SMILES string of the molecule is COc1cc(C(C)=O)ccc1OCCCN1CCC(C(c2cccc(C(F)(F)F)c2)c2ccccc2O)CC1.Cl.O. The number of hydrogen-bond acceptors (Lipinski definition) is 5. The summed E-state index contributed by atoms with van der Waals surface area (Å²) < 4.78 is 51.7. The third-order valence-corrected chi connectivity index (χ3v) is 7.39. The first-order valence-electron chi connectivity index (χ1n) is 13.2. The first-order chi connectivity index (χ1) is 18.7. The zero-order valence-electron chi connectivity index (χ0n) is 23.1. The van der Waals surface area contributed by atoms with Crippen LogP contribution in [0.25, 0.3) is 0 Å². The van der Waals surface area contributed by atoms with E-state index in [4.69, 9.17) is 9.47 Å². The molecule has 0 aliphatic carbocycles. The van der Waals surface area contributed by atoms with E-state index in [9.17, 15) is 23.1 Å². The summed E-state index contributed by atoms with van der Waals surface area (Å²) in [7, 11) is 1.54. The molecule has 3 aromatic carbocycles. The number of alkyl halides is 3. The number of phenolic OH excluding ortho intramolecular Hbond substituents is 1. The third-order valence-electron chi connectivity index (χ3n) is 7.39. The van der Waals surface area contributed by atoms with Gasteiger partial charge in [0, 0.05) is 23.6 Å². The fourth-order valence-electron chi connectivity index (χ4n) is 5.35. The van der Waals surface area contributed by atoms with Crippen LogP contribution in [0.2, 0.25) is 0 Å². The molecule has 0 amide bonds. The van der Waals surface area contributed by atoms with E-state index in [-0.39, 0.29) is 41.3 Å². The van der Waals surface area contributed by atoms with Crippen LogP contribution < -0.4 is 9.47 Å². The number of nitrogens with zero attached hydrogens (tertiary/aromatic N) is 1. The van der Waals surface area contributed by atoms with Gasteiger partial charge in [-0.15, -0.1) is 12.4 Å². The smallest absolute Gasteiger partial charge is 0.416 e. The van der Waals surface area contributed by atoms with Crippen molar-refractivity contribution in [3.05, 3.63) is 89.0 Å². The van der Waals surface area contributed by atoms with Gasteiger partial charge in [0.1, 0.15) is 5.75 Å². The topological polar surface area (TPSA) is 90.5 Å². The van der Waals surface area contributed by atoms with Gasteiger partial charge < -0.3 is 25.0 Å². The van der Waals surface area contributed by atoms with Gasteiger partial charge in [-0.05, 0) is 81.1 Å². The van der Waals surface area contributed by atoms with Gasteiger partial charge in [0.05, 0.1) is 19.3 Å². The lowest BCUT2D eigenvalue weighted by Gasteiger charge is -2.37. The Hall–Kier alpha value is -3.27. The van der Waals surface area contributed by atoms with E-state index >= 15 is 0 Å². The summed E-state index contributed by atoms with van der Waals surface area (Å²) in [4.78, 5) is 13.9. The second-order valence-electron chi connectivity index (χ2n) is 9.96. The summed E-state index contributed by atoms with van der Waals surface area (Å²) >= 11 is 0. The van der Waals surface area contributed by atoms with Crippen molar-refractivity contribution in [2.75, 3.05) is 33.4 Å². The van der Waals surface area contributed by atoms with E-state index in [1.165, 1.54) is 26.2 Å². The van der Waals surface area contributed by atoms with Crippen molar-refractivity contribution in [1.29, 1.82) is 0 Å². The van der Waals surface area contributed by atoms with Gasteiger partial charge in [-0.3, -0.25) is 4.79 Å². The van der Waals surface area contributed by atoms with Gasteiger partial charge in [0.15, 0.2) is 17.3 Å². The number of likely N-dealkylation sites (tertiary alicyclic amines) is 1. The number of Topliss-reactive ketones (excluding diaryl/α,β-unsaturated/α-hetero) is 1. The Kier molecular flexibility index (Phi) is 12.5. The molecule has 1 unspecified atom stereocenters. The highest BCUT2D eigenvalue weighted by molar-refractivity contribution is 5.94. The normalized spacial score (nSPS) is 14.9. The molecule has 10 heteroatoms. The number of methoxy groups -OCH3 is 1. The van der Waals surface area contributed by atoms with Gasteiger partial charge >= 0.3 is 6.18 Å². The first-order valence-corrected chi connectivity index (χ1v) is 13.2. The van der Waals surface area contributed by atoms with Crippen molar-refractivity contribution < 1.29 is 38.0 Å². The molecule has 0 bridgehead atoms. The molecule has 0 aromatic heterocycles. The standard InChI is InChI=1S/C31H34F3NO4.ClH.H2O/c1-21(36)23-11-12-28(29(20-23)38-2)39-18-6-15-35-16-13-22(14-17-35)30(26-9-3-4-10-27(26)37)24-7-5-8-25(19-24)31(32,33)34;;/h3-5,7-12,19-20,22,30,37H,6,13-18H2,1-2H3;1H;1H2. The van der Waals surface area contributed by atoms with Crippen LogP contribution in [0.15, 0.2) is 66.7 Å². The highest BCUT2D eigenvalue weighted by Crippen LogP contribution is 2.42. The van der Waals surface area contributed by atoms with Crippen molar-refractivity contribution in [3.8, 4) is 17.2 Å². The van der Waals surface area contributed by atoms with E-state index < -0.39 is 11.7 Å². The maximum atomic E-state index is 13.5. The van der Waals surface area contributed by atoms with Crippen LogP contribution in [-0.4, -0.2) is 54.6 Å². The number of ether oxygens (including phenoxy) is 2. The molecule has 0 spiro atoms. The fraction of sp³-hybridized carbons (Fsp3) is 0.387. The average molecular weight is 596 g/mol. The summed E-state index contributed by atoms with van der Waals surface area (Å²) in [5.41, 5.74) is 1.12. The van der Waals surface area contributed by atoms with Crippen LogP contribution >= 0.6 is 12.4 Å². The van der Waals surface area contributed by atoms with E-state index in [1.807, 2.05) is 6.07 Å². The van der Waals surface area contributed by atoms with Gasteiger partial charge in [-0.1, -0.05) is 36.4 Å². The van der Waals surface area contributed by atoms with Gasteiger partial charge in [0.2, 0.25) is 0 Å². The minimum atomic E-state index is -4.43. The van der Waals surface area contributed by atoms with Crippen LogP contribution in [0, 0.1) is 5.92 Å². The maximum absolute atomic E-state index is 13.5. The molecule has 1 aliphatic rings. The zero-order valence-corrected chi connectivity index (χ0v) is 23.9. The summed E-state index contributed by atoms with van der Waals surface area (Å²) in [6.45, 7) is 4.43. The quantitative estimate of drug-likeness (QED) is 0.212. The molecule has 1 atom stereocenters. The number of halogens is 4. The number of benzene rings is 3. The molecule has 1 saturated heterocycles. The number of carbonyl (C=O) groups excluding carboxylic acids is 1. The molecule has 3 aromatic rings. The van der Waals surface area contributed by atoms with Gasteiger partial charge in [-0.25, -0.2) is 0 Å². The Morgan fingerprint density at radius 2 is 1.73 bits per heavy atom. The molecule has 4 rings (SSSR count). The number of ketones is 1. The Morgan fingerprint density at radius 1 is 1.02 bits per heavy atom. The minimum Gasteiger partial charge on any atom is -0.508 e. The van der Waals surface area contributed by atoms with Crippen molar-refractivity contribution in [2.24, 2.45) is 5.92 Å². The third kappa shape index (κ3) is 8.61. The number of piperidine rings is 1. The van der Waals surface area contributed by atoms with E-state index in [0.29, 0.717) is 34.8 Å². The Balaban J connectivity index is 0.00000294. The van der Waals surface area contributed by atoms with E-state index in [2.05, 4.69) is 4.90 Å². The molecule has 6 nitrogen and oxygen atoms in total. The lowest BCUT2D eigenvalue weighted by molar-refractivity contribution is -0.137. The maximum Gasteiger partial charge on any atom is 0.416 e. The van der Waals surface area contributed by atoms with E-state index in [1.54, 1.807) is 42.5 Å². The molecular formula is C31H37ClF3NO5. The number of phenols is 1. The molecule has 1 heterocycles. The summed E-state index contributed by atoms with van der Waals surface area (Å²) in [5, 5.41) is 10.6. The lowest BCUT2D eigenvalue weighted by Crippen LogP contribution is -2.37. The summed E-state index contributed by atoms with van der Waals surface area (Å²) in [5.74, 6) is 0.941. The molecule has 41 heavy (non-hydrogen) atoms. The number of para-hydroxylation sites is 1. The first kappa shape index (κ1) is 33.9. The number of hydrogen-bond donors (Lipinski definition) is 1. The van der Waals surface area contributed by atoms with Gasteiger partial charge in [0.25, 0.3) is 0 Å². The number of aromatic hydroxyl groups is 1. The highest BCUT2D eigenvalue weighted by atomic mass is 35.5. The molecule has 0 saturated carbocycles. The second-order valence-corrected chi connectivity index (χ2v) is 9.96. The fourth-order valence-corrected chi connectivity index (χ4v) is 5.35. The predicted octanol–water partition coefficient (Wildman–Crippen LogP) is 6.53. The zero-order chi connectivity index (χ0) is 28.0. The van der Waals surface area contributed by atoms with E-state index in [0.717, 1.165) is 45.0 Å². The highest BCUT2D eigenvalue weighted by Gasteiger charge is 2.34. The molecule has 224 valence electrons. The van der Waals surface area contributed by atoms with Gasteiger partial charge in [-0.2, -0.15) is 13.2 Å². The Bertz CT molecular complexity index is 1280. The largest absolute Gasteiger partial charge is 0.508 e.